The number of nitrogens with zero attached hydrogens (tertiary/aromatic N) is 1. The molecule has 22 heavy (non-hydrogen) atoms. The van der Waals surface area contributed by atoms with Crippen LogP contribution in [-0.2, 0) is 6.18 Å². The minimum Gasteiger partial charge on any atom is -0.322 e. The molecule has 1 N–H and O–H groups in total. The number of pyridine rings is 1. The summed E-state index contributed by atoms with van der Waals surface area (Å²) >= 11 is 1.53. The molecule has 0 saturated carbocycles. The zero-order valence-electron chi connectivity index (χ0n) is 11.9. The van der Waals surface area contributed by atoms with E-state index in [0.717, 1.165) is 17.0 Å². The molecule has 0 unspecified atom stereocenters. The first-order valence-corrected chi connectivity index (χ1v) is 7.54. The topological polar surface area (TPSA) is 42.0 Å². The van der Waals surface area contributed by atoms with Gasteiger partial charge >= 0.3 is 6.18 Å². The predicted octanol–water partition coefficient (Wildman–Crippen LogP) is 4.38. The van der Waals surface area contributed by atoms with Crippen molar-refractivity contribution in [3.05, 3.63) is 53.3 Å². The molecule has 0 atom stereocenters. The van der Waals surface area contributed by atoms with Crippen molar-refractivity contribution in [2.75, 3.05) is 11.6 Å². The lowest BCUT2D eigenvalue weighted by Crippen LogP contribution is -2.16. The van der Waals surface area contributed by atoms with Crippen molar-refractivity contribution in [1.82, 2.24) is 4.98 Å². The second kappa shape index (κ2) is 6.39. The van der Waals surface area contributed by atoms with E-state index in [2.05, 4.69) is 10.3 Å². The Kier molecular flexibility index (Phi) is 4.75. The monoisotopic (exact) mass is 326 g/mol. The number of nitrogens with one attached hydrogen (secondary N) is 1. The fourth-order valence-electron chi connectivity index (χ4n) is 1.86. The van der Waals surface area contributed by atoms with Crippen LogP contribution < -0.4 is 5.32 Å². The Labute approximate surface area is 129 Å². The van der Waals surface area contributed by atoms with Gasteiger partial charge in [-0.3, -0.25) is 4.79 Å². The van der Waals surface area contributed by atoms with Crippen LogP contribution >= 0.6 is 11.8 Å². The first kappa shape index (κ1) is 16.4. The molecule has 1 aromatic heterocycles. The Morgan fingerprint density at radius 1 is 1.23 bits per heavy atom. The molecule has 116 valence electrons. The Morgan fingerprint density at radius 3 is 2.55 bits per heavy atom. The number of aryl methyl sites for hydroxylation is 1. The molecule has 1 amide bonds. The number of carbonyl (C=O) groups excluding carboxylic acids is 1. The maximum atomic E-state index is 12.6. The number of thioether (sulfide) groups is 1. The molecular formula is C15H13F3N2OS. The summed E-state index contributed by atoms with van der Waals surface area (Å²) in [6, 6.07) is 9.13. The molecule has 0 saturated heterocycles. The number of carbonyl (C=O) groups is 1. The second-order valence-corrected chi connectivity index (χ2v) is 5.39. The maximum Gasteiger partial charge on any atom is 0.433 e. The van der Waals surface area contributed by atoms with Crippen molar-refractivity contribution >= 4 is 23.4 Å². The highest BCUT2D eigenvalue weighted by Gasteiger charge is 2.33. The van der Waals surface area contributed by atoms with Gasteiger partial charge in [0.05, 0.1) is 11.3 Å². The Balaban J connectivity index is 2.22. The molecule has 1 heterocycles. The smallest absolute Gasteiger partial charge is 0.322 e. The molecule has 0 spiro atoms. The molecule has 1 aromatic carbocycles. The first-order valence-electron chi connectivity index (χ1n) is 6.31. The van der Waals surface area contributed by atoms with E-state index in [9.17, 15) is 18.0 Å². The summed E-state index contributed by atoms with van der Waals surface area (Å²) in [6.45, 7) is 1.38. The summed E-state index contributed by atoms with van der Waals surface area (Å²) in [4.78, 5) is 16.6. The van der Waals surface area contributed by atoms with Crippen LogP contribution in [0, 0.1) is 6.92 Å². The van der Waals surface area contributed by atoms with E-state index in [1.165, 1.54) is 18.7 Å². The van der Waals surface area contributed by atoms with Crippen molar-refractivity contribution in [1.29, 1.82) is 0 Å². The predicted molar refractivity (Wildman–Crippen MR) is 80.2 cm³/mol. The molecule has 0 bridgehead atoms. The van der Waals surface area contributed by atoms with Crippen molar-refractivity contribution in [2.45, 2.75) is 18.0 Å². The summed E-state index contributed by atoms with van der Waals surface area (Å²) in [7, 11) is 0. The Bertz CT molecular complexity index is 701. The average Bonchev–Trinajstić information content (AvgIpc) is 2.46. The molecular weight excluding hydrogens is 313 g/mol. The van der Waals surface area contributed by atoms with Gasteiger partial charge < -0.3 is 5.32 Å². The molecule has 0 aliphatic carbocycles. The van der Waals surface area contributed by atoms with Gasteiger partial charge in [0.15, 0.2) is 0 Å². The van der Waals surface area contributed by atoms with Gasteiger partial charge in [-0.25, -0.2) is 4.98 Å². The van der Waals surface area contributed by atoms with Gasteiger partial charge in [0.2, 0.25) is 0 Å². The molecule has 2 aromatic rings. The van der Waals surface area contributed by atoms with Gasteiger partial charge in [-0.15, -0.1) is 11.8 Å². The number of halogens is 3. The van der Waals surface area contributed by atoms with Crippen LogP contribution in [0.25, 0.3) is 0 Å². The van der Waals surface area contributed by atoms with Crippen LogP contribution in [0.3, 0.4) is 0 Å². The zero-order valence-corrected chi connectivity index (χ0v) is 12.7. The second-order valence-electron chi connectivity index (χ2n) is 4.51. The number of hydrogen-bond acceptors (Lipinski definition) is 3. The summed E-state index contributed by atoms with van der Waals surface area (Å²) in [5, 5.41) is 2.66. The molecule has 7 heteroatoms. The van der Waals surface area contributed by atoms with E-state index in [-0.39, 0.29) is 11.3 Å². The maximum absolute atomic E-state index is 12.6. The molecule has 0 aliphatic rings. The highest BCUT2D eigenvalue weighted by atomic mass is 32.2. The van der Waals surface area contributed by atoms with E-state index in [0.29, 0.717) is 5.69 Å². The molecule has 0 aliphatic heterocycles. The van der Waals surface area contributed by atoms with Crippen molar-refractivity contribution in [3.8, 4) is 0 Å². The van der Waals surface area contributed by atoms with Gasteiger partial charge in [-0.05, 0) is 43.5 Å². The third-order valence-corrected chi connectivity index (χ3v) is 3.67. The highest BCUT2D eigenvalue weighted by Crippen LogP contribution is 2.28. The minimum atomic E-state index is -4.52. The van der Waals surface area contributed by atoms with E-state index < -0.39 is 17.8 Å². The average molecular weight is 326 g/mol. The minimum absolute atomic E-state index is 0.0355. The normalized spacial score (nSPS) is 11.3. The Hall–Kier alpha value is -2.02. The number of alkyl halides is 3. The van der Waals surface area contributed by atoms with Gasteiger partial charge in [0.25, 0.3) is 5.91 Å². The molecule has 2 rings (SSSR count). The van der Waals surface area contributed by atoms with E-state index >= 15 is 0 Å². The van der Waals surface area contributed by atoms with E-state index in [4.69, 9.17) is 0 Å². The third kappa shape index (κ3) is 3.79. The van der Waals surface area contributed by atoms with E-state index in [1.54, 1.807) is 18.2 Å². The fourth-order valence-corrected chi connectivity index (χ4v) is 2.32. The van der Waals surface area contributed by atoms with Crippen LogP contribution in [0.2, 0.25) is 0 Å². The summed E-state index contributed by atoms with van der Waals surface area (Å²) in [5.74, 6) is -0.489. The summed E-state index contributed by atoms with van der Waals surface area (Å²) < 4.78 is 37.7. The number of rotatable bonds is 3. The van der Waals surface area contributed by atoms with E-state index in [1.807, 2.05) is 12.3 Å². The molecule has 0 fully saturated rings. The number of benzene rings is 1. The van der Waals surface area contributed by atoms with Crippen LogP contribution in [-0.4, -0.2) is 17.1 Å². The number of amides is 1. The Morgan fingerprint density at radius 2 is 1.95 bits per heavy atom. The third-order valence-electron chi connectivity index (χ3n) is 2.95. The number of anilines is 1. The van der Waals surface area contributed by atoms with Gasteiger partial charge in [0.1, 0.15) is 5.69 Å². The highest BCUT2D eigenvalue weighted by molar-refractivity contribution is 7.98. The SMILES string of the molecule is CSc1cccc(NC(=O)c2ccc(C(F)(F)F)nc2C)c1. The van der Waals surface area contributed by atoms with Crippen LogP contribution in [0.4, 0.5) is 18.9 Å². The zero-order chi connectivity index (χ0) is 16.3. The first-order chi connectivity index (χ1) is 10.3. The van der Waals surface area contributed by atoms with Gasteiger partial charge in [-0.1, -0.05) is 6.07 Å². The van der Waals surface area contributed by atoms with Crippen molar-refractivity contribution in [3.63, 3.8) is 0 Å². The standard InChI is InChI=1S/C15H13F3N2OS/c1-9-12(6-7-13(19-9)15(16,17)18)14(21)20-10-4-3-5-11(8-10)22-2/h3-8H,1-2H3,(H,20,21). The van der Waals surface area contributed by atoms with Crippen molar-refractivity contribution in [2.24, 2.45) is 0 Å². The fraction of sp³-hybridized carbons (Fsp3) is 0.200. The lowest BCUT2D eigenvalue weighted by molar-refractivity contribution is -0.141. The van der Waals surface area contributed by atoms with Gasteiger partial charge in [-0.2, -0.15) is 13.2 Å². The molecule has 0 radical (unpaired) electrons. The van der Waals surface area contributed by atoms with Crippen LogP contribution in [0.15, 0.2) is 41.3 Å². The van der Waals surface area contributed by atoms with Gasteiger partial charge in [0, 0.05) is 10.6 Å². The number of aromatic nitrogens is 1. The van der Waals surface area contributed by atoms with Crippen molar-refractivity contribution < 1.29 is 18.0 Å². The summed E-state index contributed by atoms with van der Waals surface area (Å²) in [6.07, 6.45) is -2.61. The lowest BCUT2D eigenvalue weighted by Gasteiger charge is -2.11. The van der Waals surface area contributed by atoms with Crippen LogP contribution in [0.5, 0.6) is 0 Å². The largest absolute Gasteiger partial charge is 0.433 e. The van der Waals surface area contributed by atoms with Crippen LogP contribution in [0.1, 0.15) is 21.7 Å². The lowest BCUT2D eigenvalue weighted by atomic mass is 10.1. The quantitative estimate of drug-likeness (QED) is 0.851. The molecule has 3 nitrogen and oxygen atoms in total. The summed E-state index contributed by atoms with van der Waals surface area (Å²) in [5.41, 5.74) is -0.280. The number of hydrogen-bond donors (Lipinski definition) is 1.